The van der Waals surface area contributed by atoms with Crippen LogP contribution >= 0.6 is 0 Å². The van der Waals surface area contributed by atoms with Crippen LogP contribution in [0, 0.1) is 0 Å². The number of carbonyl (C=O) groups excluding carboxylic acids is 1. The first-order chi connectivity index (χ1) is 6.24. The van der Waals surface area contributed by atoms with Gasteiger partial charge in [0.05, 0.1) is 0 Å². The molecular formula is C7H8O7. The van der Waals surface area contributed by atoms with Gasteiger partial charge in [0.1, 0.15) is 0 Å². The number of carbonyl (C=O) groups is 3. The molecule has 1 aliphatic rings. The second-order valence-electron chi connectivity index (χ2n) is 3.13. The summed E-state index contributed by atoms with van der Waals surface area (Å²) in [6, 6.07) is 0. The predicted molar refractivity (Wildman–Crippen MR) is 39.6 cm³/mol. The first-order valence-corrected chi connectivity index (χ1v) is 3.63. The molecular weight excluding hydrogens is 196 g/mol. The van der Waals surface area contributed by atoms with Crippen LogP contribution in [0.2, 0.25) is 0 Å². The van der Waals surface area contributed by atoms with Gasteiger partial charge in [0.15, 0.2) is 0 Å². The lowest BCUT2D eigenvalue weighted by Crippen LogP contribution is -2.57. The third-order valence-electron chi connectivity index (χ3n) is 2.30. The van der Waals surface area contributed by atoms with Crippen molar-refractivity contribution in [1.82, 2.24) is 0 Å². The Morgan fingerprint density at radius 2 is 1.36 bits per heavy atom. The van der Waals surface area contributed by atoms with E-state index >= 15 is 0 Å². The minimum absolute atomic E-state index is 0.967. The largest absolute Gasteiger partial charge is 0.510 e. The molecule has 0 spiro atoms. The molecule has 0 amide bonds. The Bertz CT molecular complexity index is 292. The second kappa shape index (κ2) is 2.60. The summed E-state index contributed by atoms with van der Waals surface area (Å²) in [7, 11) is 0. The summed E-state index contributed by atoms with van der Waals surface area (Å²) in [5.74, 6) is -3.15. The van der Waals surface area contributed by atoms with Crippen LogP contribution in [-0.2, 0) is 19.1 Å². The van der Waals surface area contributed by atoms with Gasteiger partial charge in [-0.1, -0.05) is 0 Å². The van der Waals surface area contributed by atoms with Crippen molar-refractivity contribution in [1.29, 1.82) is 0 Å². The number of hydrogen-bond donors (Lipinski definition) is 2. The molecule has 2 atom stereocenters. The fourth-order valence-electron chi connectivity index (χ4n) is 1.04. The van der Waals surface area contributed by atoms with Gasteiger partial charge in [-0.05, 0) is 13.8 Å². The average molecular weight is 204 g/mol. The number of carboxylic acid groups (broad SMARTS) is 2. The molecule has 78 valence electrons. The minimum Gasteiger partial charge on any atom is -0.478 e. The van der Waals surface area contributed by atoms with Crippen LogP contribution in [0.3, 0.4) is 0 Å². The first kappa shape index (κ1) is 10.3. The van der Waals surface area contributed by atoms with Crippen LogP contribution in [0.15, 0.2) is 0 Å². The molecule has 1 fully saturated rings. The summed E-state index contributed by atoms with van der Waals surface area (Å²) in [6.45, 7) is 1.93. The smallest absolute Gasteiger partial charge is 0.478 e. The van der Waals surface area contributed by atoms with Crippen LogP contribution in [0.5, 0.6) is 0 Å². The first-order valence-electron chi connectivity index (χ1n) is 3.63. The molecule has 0 aliphatic carbocycles. The molecule has 14 heavy (non-hydrogen) atoms. The van der Waals surface area contributed by atoms with E-state index in [0.29, 0.717) is 0 Å². The van der Waals surface area contributed by atoms with Gasteiger partial charge in [-0.15, -0.1) is 0 Å². The van der Waals surface area contributed by atoms with Gasteiger partial charge in [-0.25, -0.2) is 14.4 Å². The van der Waals surface area contributed by atoms with Gasteiger partial charge in [0, 0.05) is 0 Å². The number of cyclic esters (lactones) is 2. The lowest BCUT2D eigenvalue weighted by atomic mass is 9.86. The Hall–Kier alpha value is -1.79. The van der Waals surface area contributed by atoms with Crippen LogP contribution in [0.1, 0.15) is 13.8 Å². The van der Waals surface area contributed by atoms with Crippen molar-refractivity contribution in [3.8, 4) is 0 Å². The maximum atomic E-state index is 10.8. The van der Waals surface area contributed by atoms with E-state index in [1.54, 1.807) is 0 Å². The quantitative estimate of drug-likeness (QED) is 0.601. The fraction of sp³-hybridized carbons (Fsp3) is 0.571. The van der Waals surface area contributed by atoms with Gasteiger partial charge in [0.25, 0.3) is 11.2 Å². The molecule has 2 N–H and O–H groups in total. The third-order valence-corrected chi connectivity index (χ3v) is 2.30. The highest BCUT2D eigenvalue weighted by Crippen LogP contribution is 2.37. The van der Waals surface area contributed by atoms with E-state index in [1.165, 1.54) is 0 Å². The Balaban J connectivity index is 3.24. The van der Waals surface area contributed by atoms with E-state index in [1.807, 2.05) is 0 Å². The fourth-order valence-corrected chi connectivity index (χ4v) is 1.04. The van der Waals surface area contributed by atoms with Crippen molar-refractivity contribution in [3.63, 3.8) is 0 Å². The number of aliphatic carboxylic acids is 2. The lowest BCUT2D eigenvalue weighted by molar-refractivity contribution is -0.177. The normalized spacial score (nSPS) is 36.0. The molecule has 0 aromatic rings. The van der Waals surface area contributed by atoms with E-state index < -0.39 is 29.3 Å². The summed E-state index contributed by atoms with van der Waals surface area (Å²) in [5, 5.41) is 17.5. The van der Waals surface area contributed by atoms with Crippen molar-refractivity contribution < 1.29 is 34.1 Å². The van der Waals surface area contributed by atoms with Crippen LogP contribution in [-0.4, -0.2) is 39.5 Å². The summed E-state index contributed by atoms with van der Waals surface area (Å²) < 4.78 is 8.69. The maximum absolute atomic E-state index is 10.8. The SMILES string of the molecule is C[C@@]1(C(=O)O)OC(=O)O[C@@]1(C)C(=O)O. The van der Waals surface area contributed by atoms with Crippen molar-refractivity contribution in [2.45, 2.75) is 25.0 Å². The van der Waals surface area contributed by atoms with E-state index in [4.69, 9.17) is 10.2 Å². The molecule has 0 saturated carbocycles. The highest BCUT2D eigenvalue weighted by molar-refractivity contribution is 5.95. The monoisotopic (exact) mass is 204 g/mol. The van der Waals surface area contributed by atoms with E-state index in [2.05, 4.69) is 9.47 Å². The van der Waals surface area contributed by atoms with E-state index in [9.17, 15) is 14.4 Å². The molecule has 0 unspecified atom stereocenters. The molecule has 1 saturated heterocycles. The molecule has 1 heterocycles. The highest BCUT2D eigenvalue weighted by Gasteiger charge is 2.67. The van der Waals surface area contributed by atoms with Crippen LogP contribution in [0.4, 0.5) is 4.79 Å². The molecule has 0 aromatic carbocycles. The zero-order valence-electron chi connectivity index (χ0n) is 7.44. The molecule has 0 radical (unpaired) electrons. The predicted octanol–water partition coefficient (Wildman–Crippen LogP) is -0.160. The molecule has 7 heteroatoms. The lowest BCUT2D eigenvalue weighted by Gasteiger charge is -2.27. The van der Waals surface area contributed by atoms with Gasteiger partial charge < -0.3 is 19.7 Å². The third kappa shape index (κ3) is 1.02. The Morgan fingerprint density at radius 3 is 1.57 bits per heavy atom. The molecule has 0 bridgehead atoms. The number of rotatable bonds is 2. The van der Waals surface area contributed by atoms with Crippen molar-refractivity contribution >= 4 is 18.1 Å². The standard InChI is InChI=1S/C7H8O7/c1-6(3(8)9)7(2,4(10)11)14-5(12)13-6/h1-2H3,(H,8,9)(H,10,11)/t6-,7-/m0/s1. The van der Waals surface area contributed by atoms with Crippen molar-refractivity contribution in [2.24, 2.45) is 0 Å². The van der Waals surface area contributed by atoms with Crippen molar-refractivity contribution in [2.75, 3.05) is 0 Å². The highest BCUT2D eigenvalue weighted by atomic mass is 16.8. The topological polar surface area (TPSA) is 110 Å². The maximum Gasteiger partial charge on any atom is 0.510 e. The molecule has 1 rings (SSSR count). The zero-order chi connectivity index (χ0) is 11.1. The molecule has 0 aromatic heterocycles. The average Bonchev–Trinajstić information content (AvgIpc) is 2.24. The Labute approximate surface area is 78.2 Å². The number of ether oxygens (including phenoxy) is 2. The van der Waals surface area contributed by atoms with Gasteiger partial charge in [-0.2, -0.15) is 0 Å². The molecule has 1 aliphatic heterocycles. The molecule has 7 nitrogen and oxygen atoms in total. The zero-order valence-corrected chi connectivity index (χ0v) is 7.44. The summed E-state index contributed by atoms with van der Waals surface area (Å²) in [6.07, 6.45) is -1.31. The summed E-state index contributed by atoms with van der Waals surface area (Å²) in [4.78, 5) is 32.2. The Morgan fingerprint density at radius 1 is 1.07 bits per heavy atom. The van der Waals surface area contributed by atoms with Crippen molar-refractivity contribution in [3.05, 3.63) is 0 Å². The van der Waals surface area contributed by atoms with Gasteiger partial charge in [-0.3, -0.25) is 0 Å². The van der Waals surface area contributed by atoms with E-state index in [-0.39, 0.29) is 0 Å². The van der Waals surface area contributed by atoms with Crippen LogP contribution in [0.25, 0.3) is 0 Å². The van der Waals surface area contributed by atoms with E-state index in [0.717, 1.165) is 13.8 Å². The summed E-state index contributed by atoms with van der Waals surface area (Å²) >= 11 is 0. The summed E-state index contributed by atoms with van der Waals surface area (Å²) in [5.41, 5.74) is -4.42. The van der Waals surface area contributed by atoms with Gasteiger partial charge >= 0.3 is 18.1 Å². The number of hydrogen-bond acceptors (Lipinski definition) is 5. The second-order valence-corrected chi connectivity index (χ2v) is 3.13. The Kier molecular flexibility index (Phi) is 1.91. The number of carboxylic acids is 2. The minimum atomic E-state index is -2.21. The van der Waals surface area contributed by atoms with Gasteiger partial charge in [0.2, 0.25) is 0 Å². The van der Waals surface area contributed by atoms with Crippen LogP contribution < -0.4 is 0 Å².